The molecule has 14 heavy (non-hydrogen) atoms. The standard InChI is InChI=1S/C9H8F3NS/c10-9(11,12)6-2-1-3-7-8(6)14-5-4-13-7/h1-3,13H,4-5H2. The summed E-state index contributed by atoms with van der Waals surface area (Å²) in [5.41, 5.74) is 0.0586. The molecule has 1 aromatic carbocycles. The second-order valence-corrected chi connectivity index (χ2v) is 4.06. The number of thioether (sulfide) groups is 1. The number of alkyl halides is 3. The molecule has 0 atom stereocenters. The number of rotatable bonds is 0. The van der Waals surface area contributed by atoms with Crippen LogP contribution >= 0.6 is 11.8 Å². The van der Waals surface area contributed by atoms with Crippen LogP contribution in [-0.2, 0) is 6.18 Å². The van der Waals surface area contributed by atoms with Crippen LogP contribution in [0.5, 0.6) is 0 Å². The molecule has 1 heterocycles. The third-order valence-electron chi connectivity index (χ3n) is 1.98. The fourth-order valence-corrected chi connectivity index (χ4v) is 2.44. The van der Waals surface area contributed by atoms with Crippen LogP contribution in [0.2, 0.25) is 0 Å². The number of fused-ring (bicyclic) bond motifs is 1. The van der Waals surface area contributed by atoms with E-state index in [9.17, 15) is 13.2 Å². The van der Waals surface area contributed by atoms with Crippen LogP contribution in [0.1, 0.15) is 5.56 Å². The molecule has 1 nitrogen and oxygen atoms in total. The van der Waals surface area contributed by atoms with Gasteiger partial charge in [0, 0.05) is 22.9 Å². The Labute approximate surface area is 83.7 Å². The molecule has 1 aromatic rings. The van der Waals surface area contributed by atoms with Gasteiger partial charge < -0.3 is 5.32 Å². The minimum Gasteiger partial charge on any atom is -0.383 e. The molecular formula is C9H8F3NS. The smallest absolute Gasteiger partial charge is 0.383 e. The summed E-state index contributed by atoms with van der Waals surface area (Å²) in [4.78, 5) is 0.325. The lowest BCUT2D eigenvalue weighted by molar-refractivity contribution is -0.139. The Morgan fingerprint density at radius 3 is 2.79 bits per heavy atom. The Morgan fingerprint density at radius 2 is 2.07 bits per heavy atom. The molecule has 1 aliphatic rings. The van der Waals surface area contributed by atoms with Crippen molar-refractivity contribution in [3.8, 4) is 0 Å². The highest BCUT2D eigenvalue weighted by molar-refractivity contribution is 7.99. The van der Waals surface area contributed by atoms with Gasteiger partial charge in [-0.25, -0.2) is 0 Å². The maximum atomic E-state index is 12.5. The van der Waals surface area contributed by atoms with Crippen LogP contribution in [0.25, 0.3) is 0 Å². The summed E-state index contributed by atoms with van der Waals surface area (Å²) in [6, 6.07) is 4.23. The second-order valence-electron chi connectivity index (χ2n) is 2.96. The highest BCUT2D eigenvalue weighted by atomic mass is 32.2. The second kappa shape index (κ2) is 3.38. The first-order valence-corrected chi connectivity index (χ1v) is 5.14. The van der Waals surface area contributed by atoms with Crippen molar-refractivity contribution in [3.05, 3.63) is 23.8 Å². The van der Waals surface area contributed by atoms with Crippen molar-refractivity contribution in [2.24, 2.45) is 0 Å². The molecule has 0 fully saturated rings. The van der Waals surface area contributed by atoms with Gasteiger partial charge in [-0.3, -0.25) is 0 Å². The van der Waals surface area contributed by atoms with Crippen molar-refractivity contribution >= 4 is 17.4 Å². The summed E-state index contributed by atoms with van der Waals surface area (Å²) in [7, 11) is 0. The molecule has 0 radical (unpaired) electrons. The maximum absolute atomic E-state index is 12.5. The highest BCUT2D eigenvalue weighted by Crippen LogP contribution is 2.41. The van der Waals surface area contributed by atoms with Crippen molar-refractivity contribution < 1.29 is 13.2 Å². The molecule has 0 spiro atoms. The summed E-state index contributed by atoms with van der Waals surface area (Å²) in [5, 5.41) is 2.95. The molecule has 0 amide bonds. The number of benzene rings is 1. The van der Waals surface area contributed by atoms with E-state index in [0.717, 1.165) is 12.6 Å². The number of halogens is 3. The lowest BCUT2D eigenvalue weighted by Crippen LogP contribution is -2.15. The van der Waals surface area contributed by atoms with Gasteiger partial charge >= 0.3 is 6.18 Å². The van der Waals surface area contributed by atoms with Gasteiger partial charge in [0.2, 0.25) is 0 Å². The van der Waals surface area contributed by atoms with E-state index >= 15 is 0 Å². The lowest BCUT2D eigenvalue weighted by atomic mass is 10.2. The van der Waals surface area contributed by atoms with Gasteiger partial charge in [0.15, 0.2) is 0 Å². The van der Waals surface area contributed by atoms with Crippen molar-refractivity contribution in [3.63, 3.8) is 0 Å². The van der Waals surface area contributed by atoms with Gasteiger partial charge in [0.1, 0.15) is 0 Å². The van der Waals surface area contributed by atoms with Crippen molar-refractivity contribution in [2.75, 3.05) is 17.6 Å². The van der Waals surface area contributed by atoms with E-state index in [1.807, 2.05) is 0 Å². The minimum absolute atomic E-state index is 0.325. The Balaban J connectivity index is 2.51. The molecular weight excluding hydrogens is 211 g/mol. The number of hydrogen-bond donors (Lipinski definition) is 1. The molecule has 1 N–H and O–H groups in total. The molecule has 0 saturated heterocycles. The monoisotopic (exact) mass is 219 g/mol. The summed E-state index contributed by atoms with van der Waals surface area (Å²) in [6.07, 6.45) is -4.25. The fourth-order valence-electron chi connectivity index (χ4n) is 1.39. The zero-order valence-corrected chi connectivity index (χ0v) is 8.00. The lowest BCUT2D eigenvalue weighted by Gasteiger charge is -2.21. The van der Waals surface area contributed by atoms with Gasteiger partial charge in [-0.15, -0.1) is 11.8 Å². The molecule has 0 aliphatic carbocycles. The zero-order chi connectivity index (χ0) is 10.2. The third kappa shape index (κ3) is 1.68. The van der Waals surface area contributed by atoms with Crippen molar-refractivity contribution in [1.29, 1.82) is 0 Å². The fraction of sp³-hybridized carbons (Fsp3) is 0.333. The van der Waals surface area contributed by atoms with Gasteiger partial charge in [-0.05, 0) is 12.1 Å². The highest BCUT2D eigenvalue weighted by Gasteiger charge is 2.34. The third-order valence-corrected chi connectivity index (χ3v) is 3.12. The van der Waals surface area contributed by atoms with Crippen LogP contribution in [0.4, 0.5) is 18.9 Å². The van der Waals surface area contributed by atoms with Gasteiger partial charge in [-0.1, -0.05) is 6.07 Å². The first-order valence-electron chi connectivity index (χ1n) is 4.16. The Hall–Kier alpha value is -0.840. The predicted molar refractivity (Wildman–Crippen MR) is 50.7 cm³/mol. The minimum atomic E-state index is -4.25. The Kier molecular flexibility index (Phi) is 2.34. The molecule has 2 rings (SSSR count). The average molecular weight is 219 g/mol. The number of nitrogens with one attached hydrogen (secondary N) is 1. The van der Waals surface area contributed by atoms with E-state index < -0.39 is 11.7 Å². The largest absolute Gasteiger partial charge is 0.417 e. The van der Waals surface area contributed by atoms with E-state index in [2.05, 4.69) is 5.32 Å². The van der Waals surface area contributed by atoms with Crippen LogP contribution < -0.4 is 5.32 Å². The molecule has 0 bridgehead atoms. The molecule has 0 unspecified atom stereocenters. The Morgan fingerprint density at radius 1 is 1.29 bits per heavy atom. The normalized spacial score (nSPS) is 15.9. The van der Waals surface area contributed by atoms with Crippen LogP contribution in [0.3, 0.4) is 0 Å². The van der Waals surface area contributed by atoms with Crippen LogP contribution in [0, 0.1) is 0 Å². The zero-order valence-electron chi connectivity index (χ0n) is 7.19. The summed E-state index contributed by atoms with van der Waals surface area (Å²) >= 11 is 1.26. The van der Waals surface area contributed by atoms with E-state index in [0.29, 0.717) is 16.3 Å². The molecule has 1 aliphatic heterocycles. The molecule has 5 heteroatoms. The molecule has 76 valence electrons. The van der Waals surface area contributed by atoms with Crippen LogP contribution in [-0.4, -0.2) is 12.3 Å². The quantitative estimate of drug-likeness (QED) is 0.719. The molecule has 0 aromatic heterocycles. The average Bonchev–Trinajstić information content (AvgIpc) is 2.15. The van der Waals surface area contributed by atoms with Gasteiger partial charge in [0.25, 0.3) is 0 Å². The Bertz CT molecular complexity index is 348. The predicted octanol–water partition coefficient (Wildman–Crippen LogP) is 3.22. The number of anilines is 1. The van der Waals surface area contributed by atoms with Gasteiger partial charge in [-0.2, -0.15) is 13.2 Å². The topological polar surface area (TPSA) is 12.0 Å². The maximum Gasteiger partial charge on any atom is 0.417 e. The van der Waals surface area contributed by atoms with E-state index in [1.54, 1.807) is 6.07 Å². The van der Waals surface area contributed by atoms with Crippen molar-refractivity contribution in [2.45, 2.75) is 11.1 Å². The summed E-state index contributed by atoms with van der Waals surface area (Å²) in [6.45, 7) is 0.721. The SMILES string of the molecule is FC(F)(F)c1cccc2c1SCCN2. The van der Waals surface area contributed by atoms with E-state index in [-0.39, 0.29) is 0 Å². The van der Waals surface area contributed by atoms with Crippen LogP contribution in [0.15, 0.2) is 23.1 Å². The first-order chi connectivity index (χ1) is 6.59. The molecule has 0 saturated carbocycles. The van der Waals surface area contributed by atoms with E-state index in [1.165, 1.54) is 17.8 Å². The number of hydrogen-bond acceptors (Lipinski definition) is 2. The van der Waals surface area contributed by atoms with Gasteiger partial charge in [0.05, 0.1) is 5.56 Å². The summed E-state index contributed by atoms with van der Waals surface area (Å²) < 4.78 is 37.6. The first kappa shape index (κ1) is 9.71. The van der Waals surface area contributed by atoms with Crippen molar-refractivity contribution in [1.82, 2.24) is 0 Å². The summed E-state index contributed by atoms with van der Waals surface area (Å²) in [5.74, 6) is 0.681. The van der Waals surface area contributed by atoms with E-state index in [4.69, 9.17) is 0 Å².